The molecule has 2 N–H and O–H groups in total. The molecular formula is C22H20ClNOS. The number of hydrogen-bond donors (Lipinski definition) is 2. The van der Waals surface area contributed by atoms with E-state index in [-0.39, 0.29) is 6.61 Å². The molecule has 0 unspecified atom stereocenters. The predicted molar refractivity (Wildman–Crippen MR) is 115 cm³/mol. The third-order valence-corrected chi connectivity index (χ3v) is 6.09. The number of hydrogen-bond acceptors (Lipinski definition) is 3. The molecule has 0 radical (unpaired) electrons. The summed E-state index contributed by atoms with van der Waals surface area (Å²) in [7, 11) is 0. The lowest BCUT2D eigenvalue weighted by Gasteiger charge is -2.25. The number of halogens is 1. The molecule has 1 aromatic heterocycles. The summed E-state index contributed by atoms with van der Waals surface area (Å²) in [4.78, 5) is 1.16. The van der Waals surface area contributed by atoms with E-state index < -0.39 is 5.54 Å². The van der Waals surface area contributed by atoms with Crippen molar-refractivity contribution in [3.8, 4) is 10.4 Å². The zero-order chi connectivity index (χ0) is 18.3. The Morgan fingerprint density at radius 1 is 0.962 bits per heavy atom. The normalized spacial score (nSPS) is 12.0. The van der Waals surface area contributed by atoms with Gasteiger partial charge in [0, 0.05) is 15.1 Å². The molecule has 26 heavy (non-hydrogen) atoms. The summed E-state index contributed by atoms with van der Waals surface area (Å²) in [5, 5.41) is 17.7. The minimum absolute atomic E-state index is 0.0536. The van der Waals surface area contributed by atoms with Crippen LogP contribution in [0.1, 0.15) is 13.8 Å². The van der Waals surface area contributed by atoms with E-state index in [1.807, 2.05) is 38.1 Å². The Kier molecular flexibility index (Phi) is 4.39. The second kappa shape index (κ2) is 6.58. The Hall–Kier alpha value is -2.07. The summed E-state index contributed by atoms with van der Waals surface area (Å²) >= 11 is 7.86. The zero-order valence-electron chi connectivity index (χ0n) is 14.7. The van der Waals surface area contributed by atoms with Gasteiger partial charge in [-0.25, -0.2) is 0 Å². The minimum atomic E-state index is -0.416. The molecule has 4 aromatic rings. The molecule has 0 aliphatic heterocycles. The van der Waals surface area contributed by atoms with Gasteiger partial charge in [-0.3, -0.25) is 0 Å². The second-order valence-corrected chi connectivity index (χ2v) is 8.60. The average Bonchev–Trinajstić information content (AvgIpc) is 3.01. The number of thiophene rings is 1. The highest BCUT2D eigenvalue weighted by Crippen LogP contribution is 2.46. The van der Waals surface area contributed by atoms with Crippen molar-refractivity contribution in [3.05, 3.63) is 65.7 Å². The van der Waals surface area contributed by atoms with E-state index in [1.54, 1.807) is 11.3 Å². The quantitative estimate of drug-likeness (QED) is 0.419. The fourth-order valence-electron chi connectivity index (χ4n) is 3.13. The minimum Gasteiger partial charge on any atom is -0.394 e. The standard InChI is InChI=1S/C22H20ClNOS/c1-22(2,13-25)24-19-18-12-9-14-5-3-4-6-17(14)21(18)26-20(19)15-7-10-16(23)11-8-15/h3-12,24-25H,13H2,1-2H3. The van der Waals surface area contributed by atoms with Crippen molar-refractivity contribution < 1.29 is 5.11 Å². The molecule has 1 heterocycles. The van der Waals surface area contributed by atoms with Crippen molar-refractivity contribution in [2.24, 2.45) is 0 Å². The molecule has 0 fully saturated rings. The first-order chi connectivity index (χ1) is 12.5. The molecule has 0 amide bonds. The molecule has 4 heteroatoms. The maximum atomic E-state index is 9.76. The van der Waals surface area contributed by atoms with Gasteiger partial charge in [-0.1, -0.05) is 60.1 Å². The number of rotatable bonds is 4. The van der Waals surface area contributed by atoms with Crippen molar-refractivity contribution >= 4 is 49.5 Å². The molecule has 0 aliphatic carbocycles. The van der Waals surface area contributed by atoms with Gasteiger partial charge >= 0.3 is 0 Å². The summed E-state index contributed by atoms with van der Waals surface area (Å²) in [5.41, 5.74) is 1.77. The maximum absolute atomic E-state index is 9.76. The van der Waals surface area contributed by atoms with Crippen LogP contribution < -0.4 is 5.32 Å². The van der Waals surface area contributed by atoms with E-state index in [1.165, 1.54) is 20.9 Å². The van der Waals surface area contributed by atoms with Crippen LogP contribution in [0.5, 0.6) is 0 Å². The third kappa shape index (κ3) is 3.07. The lowest BCUT2D eigenvalue weighted by Crippen LogP contribution is -2.34. The highest BCUT2D eigenvalue weighted by Gasteiger charge is 2.22. The average molecular weight is 382 g/mol. The van der Waals surface area contributed by atoms with E-state index in [4.69, 9.17) is 11.6 Å². The van der Waals surface area contributed by atoms with Crippen LogP contribution in [-0.2, 0) is 0 Å². The van der Waals surface area contributed by atoms with Crippen LogP contribution >= 0.6 is 22.9 Å². The van der Waals surface area contributed by atoms with Gasteiger partial charge in [0.15, 0.2) is 0 Å². The van der Waals surface area contributed by atoms with Gasteiger partial charge in [-0.05, 0) is 42.3 Å². The Morgan fingerprint density at radius 2 is 1.69 bits per heavy atom. The molecule has 0 aliphatic rings. The molecule has 0 spiro atoms. The first-order valence-electron chi connectivity index (χ1n) is 8.58. The molecule has 0 atom stereocenters. The van der Waals surface area contributed by atoms with Gasteiger partial charge in [0.2, 0.25) is 0 Å². The fourth-order valence-corrected chi connectivity index (χ4v) is 4.55. The second-order valence-electron chi connectivity index (χ2n) is 7.14. The van der Waals surface area contributed by atoms with Crippen molar-refractivity contribution in [2.45, 2.75) is 19.4 Å². The predicted octanol–water partition coefficient (Wildman–Crippen LogP) is 6.56. The first kappa shape index (κ1) is 17.3. The van der Waals surface area contributed by atoms with Crippen LogP contribution in [0.2, 0.25) is 5.02 Å². The van der Waals surface area contributed by atoms with Gasteiger partial charge in [0.25, 0.3) is 0 Å². The summed E-state index contributed by atoms with van der Waals surface area (Å²) in [6.45, 7) is 4.06. The highest BCUT2D eigenvalue weighted by atomic mass is 35.5. The van der Waals surface area contributed by atoms with Gasteiger partial charge in [0.1, 0.15) is 0 Å². The molecule has 0 saturated heterocycles. The SMILES string of the molecule is CC(C)(CO)Nc1c(-c2ccc(Cl)cc2)sc2c1ccc1ccccc12. The number of aliphatic hydroxyl groups excluding tert-OH is 1. The van der Waals surface area contributed by atoms with Crippen molar-refractivity contribution in [2.75, 3.05) is 11.9 Å². The smallest absolute Gasteiger partial charge is 0.0656 e. The fraction of sp³-hybridized carbons (Fsp3) is 0.182. The van der Waals surface area contributed by atoms with E-state index in [0.717, 1.165) is 21.2 Å². The highest BCUT2D eigenvalue weighted by molar-refractivity contribution is 7.24. The van der Waals surface area contributed by atoms with Crippen LogP contribution in [0.3, 0.4) is 0 Å². The Bertz CT molecular complexity index is 1080. The molecule has 2 nitrogen and oxygen atoms in total. The molecule has 4 rings (SSSR count). The number of aliphatic hydroxyl groups is 1. The monoisotopic (exact) mass is 381 g/mol. The van der Waals surface area contributed by atoms with Gasteiger partial charge in [-0.2, -0.15) is 0 Å². The summed E-state index contributed by atoms with van der Waals surface area (Å²) in [6.07, 6.45) is 0. The number of nitrogens with one attached hydrogen (secondary N) is 1. The van der Waals surface area contributed by atoms with Crippen molar-refractivity contribution in [3.63, 3.8) is 0 Å². The Morgan fingerprint density at radius 3 is 2.42 bits per heavy atom. The van der Waals surface area contributed by atoms with E-state index in [0.29, 0.717) is 0 Å². The maximum Gasteiger partial charge on any atom is 0.0656 e. The third-order valence-electron chi connectivity index (χ3n) is 4.55. The summed E-state index contributed by atoms with van der Waals surface area (Å²) < 4.78 is 1.25. The lowest BCUT2D eigenvalue weighted by molar-refractivity contribution is 0.234. The molecule has 3 aromatic carbocycles. The van der Waals surface area contributed by atoms with Crippen molar-refractivity contribution in [1.29, 1.82) is 0 Å². The van der Waals surface area contributed by atoms with Crippen LogP contribution in [0.15, 0.2) is 60.7 Å². The Balaban J connectivity index is 2.01. The lowest BCUT2D eigenvalue weighted by atomic mass is 10.0. The first-order valence-corrected chi connectivity index (χ1v) is 9.77. The van der Waals surface area contributed by atoms with Crippen LogP contribution in [-0.4, -0.2) is 17.3 Å². The molecule has 132 valence electrons. The van der Waals surface area contributed by atoms with Crippen molar-refractivity contribution in [1.82, 2.24) is 0 Å². The van der Waals surface area contributed by atoms with Crippen LogP contribution in [0.25, 0.3) is 31.3 Å². The molecule has 0 bridgehead atoms. The van der Waals surface area contributed by atoms with E-state index in [9.17, 15) is 5.11 Å². The van der Waals surface area contributed by atoms with Crippen LogP contribution in [0.4, 0.5) is 5.69 Å². The zero-order valence-corrected chi connectivity index (χ0v) is 16.3. The number of fused-ring (bicyclic) bond motifs is 3. The van der Waals surface area contributed by atoms with Gasteiger partial charge in [0.05, 0.1) is 22.7 Å². The van der Waals surface area contributed by atoms with Gasteiger partial charge < -0.3 is 10.4 Å². The summed E-state index contributed by atoms with van der Waals surface area (Å²) in [5.74, 6) is 0. The molecular weight excluding hydrogens is 362 g/mol. The number of benzene rings is 3. The van der Waals surface area contributed by atoms with E-state index in [2.05, 4.69) is 41.7 Å². The Labute approximate surface area is 162 Å². The largest absolute Gasteiger partial charge is 0.394 e. The summed E-state index contributed by atoms with van der Waals surface area (Å²) in [6, 6.07) is 20.7. The van der Waals surface area contributed by atoms with Crippen LogP contribution in [0, 0.1) is 0 Å². The van der Waals surface area contributed by atoms with Gasteiger partial charge in [-0.15, -0.1) is 11.3 Å². The molecule has 0 saturated carbocycles. The van der Waals surface area contributed by atoms with E-state index >= 15 is 0 Å². The number of anilines is 1. The topological polar surface area (TPSA) is 32.3 Å².